The molecule has 1 fully saturated rings. The molecule has 1 saturated heterocycles. The van der Waals surface area contributed by atoms with E-state index in [0.717, 1.165) is 56.2 Å². The van der Waals surface area contributed by atoms with Gasteiger partial charge < -0.3 is 4.90 Å². The van der Waals surface area contributed by atoms with Crippen LogP contribution in [0.5, 0.6) is 0 Å². The predicted molar refractivity (Wildman–Crippen MR) is 137 cm³/mol. The van der Waals surface area contributed by atoms with Gasteiger partial charge in [-0.15, -0.1) is 0 Å². The molecule has 0 amide bonds. The molecule has 2 aromatic carbocycles. The number of Topliss-reactive ketones (excluding diaryl/α,β-unsaturated/α-hetero) is 1. The van der Waals surface area contributed by atoms with Crippen LogP contribution in [-0.4, -0.2) is 40.3 Å². The summed E-state index contributed by atoms with van der Waals surface area (Å²) in [5.41, 5.74) is 4.00. The molecule has 1 atom stereocenters. The maximum absolute atomic E-state index is 13.7. The zero-order valence-electron chi connectivity index (χ0n) is 21.0. The Balaban J connectivity index is 1.37. The lowest BCUT2D eigenvalue weighted by atomic mass is 9.88. The van der Waals surface area contributed by atoms with Crippen molar-refractivity contribution in [3.05, 3.63) is 88.5 Å². The van der Waals surface area contributed by atoms with Crippen molar-refractivity contribution in [3.63, 3.8) is 0 Å². The molecule has 5 nitrogen and oxygen atoms in total. The third-order valence-electron chi connectivity index (χ3n) is 7.36. The zero-order chi connectivity index (χ0) is 26.0. The van der Waals surface area contributed by atoms with E-state index in [1.807, 2.05) is 12.1 Å². The van der Waals surface area contributed by atoms with Gasteiger partial charge in [-0.05, 0) is 72.3 Å². The number of fused-ring (bicyclic) bond motifs is 1. The fourth-order valence-electron chi connectivity index (χ4n) is 5.53. The first kappa shape index (κ1) is 25.4. The zero-order valence-corrected chi connectivity index (χ0v) is 21.0. The maximum atomic E-state index is 13.7. The second kappa shape index (κ2) is 10.6. The van der Waals surface area contributed by atoms with Crippen LogP contribution in [0.15, 0.2) is 55.1 Å². The molecule has 2 aliphatic heterocycles. The number of halogens is 3. The average molecular weight is 509 g/mol. The summed E-state index contributed by atoms with van der Waals surface area (Å²) in [4.78, 5) is 25.9. The Morgan fingerprint density at radius 1 is 1.00 bits per heavy atom. The number of aromatic nitrogens is 2. The number of ketones is 1. The number of benzene rings is 2. The van der Waals surface area contributed by atoms with E-state index < -0.39 is 11.7 Å². The molecular formula is C29H31F3N4O. The van der Waals surface area contributed by atoms with Crippen LogP contribution in [0.1, 0.15) is 70.3 Å². The van der Waals surface area contributed by atoms with Gasteiger partial charge in [-0.3, -0.25) is 9.69 Å². The molecule has 3 aromatic rings. The topological polar surface area (TPSA) is 49.3 Å². The number of rotatable bonds is 6. The van der Waals surface area contributed by atoms with Gasteiger partial charge in [0, 0.05) is 31.6 Å². The summed E-state index contributed by atoms with van der Waals surface area (Å²) in [6, 6.07) is 9.80. The summed E-state index contributed by atoms with van der Waals surface area (Å²) in [5.74, 6) is 0.0767. The summed E-state index contributed by atoms with van der Waals surface area (Å²) in [5, 5.41) is 0. The second-order valence-electron chi connectivity index (χ2n) is 10.3. The molecule has 0 aliphatic carbocycles. The summed E-state index contributed by atoms with van der Waals surface area (Å²) in [7, 11) is 0. The number of anilines is 1. The highest BCUT2D eigenvalue weighted by Crippen LogP contribution is 2.33. The van der Waals surface area contributed by atoms with E-state index in [2.05, 4.69) is 26.7 Å². The van der Waals surface area contributed by atoms with Gasteiger partial charge in [0.1, 0.15) is 6.33 Å². The highest BCUT2D eigenvalue weighted by atomic mass is 19.4. The number of likely N-dealkylation sites (tertiary alicyclic amines) is 1. The quantitative estimate of drug-likeness (QED) is 0.381. The average Bonchev–Trinajstić information content (AvgIpc) is 2.89. The first-order chi connectivity index (χ1) is 17.8. The van der Waals surface area contributed by atoms with Crippen molar-refractivity contribution in [1.82, 2.24) is 14.9 Å². The number of alkyl halides is 3. The molecule has 1 unspecified atom stereocenters. The Kier molecular flexibility index (Phi) is 7.29. The van der Waals surface area contributed by atoms with Crippen LogP contribution in [0.25, 0.3) is 0 Å². The monoisotopic (exact) mass is 508 g/mol. The minimum Gasteiger partial charge on any atom is -0.364 e. The van der Waals surface area contributed by atoms with Crippen molar-refractivity contribution in [2.75, 3.05) is 24.5 Å². The number of piperidine rings is 1. The SMILES string of the molecule is CC1CN(c2cncnc2)Cc2cc(C(=O)Cc3cc(CN4CCCCC4)cc(C(F)(F)F)c3)ccc21. The van der Waals surface area contributed by atoms with Crippen molar-refractivity contribution in [1.29, 1.82) is 0 Å². The maximum Gasteiger partial charge on any atom is 0.416 e. The third kappa shape index (κ3) is 6.01. The highest BCUT2D eigenvalue weighted by molar-refractivity contribution is 5.97. The molecule has 5 rings (SSSR count). The lowest BCUT2D eigenvalue weighted by Gasteiger charge is -2.34. The van der Waals surface area contributed by atoms with Gasteiger partial charge in [-0.25, -0.2) is 9.97 Å². The van der Waals surface area contributed by atoms with E-state index >= 15 is 0 Å². The largest absolute Gasteiger partial charge is 0.416 e. The number of carbonyl (C=O) groups excluding carboxylic acids is 1. The Morgan fingerprint density at radius 2 is 1.73 bits per heavy atom. The van der Waals surface area contributed by atoms with Crippen molar-refractivity contribution < 1.29 is 18.0 Å². The van der Waals surface area contributed by atoms with Crippen LogP contribution in [0, 0.1) is 0 Å². The summed E-state index contributed by atoms with van der Waals surface area (Å²) in [6.07, 6.45) is 3.81. The minimum atomic E-state index is -4.46. The van der Waals surface area contributed by atoms with Crippen molar-refractivity contribution in [3.8, 4) is 0 Å². The molecule has 3 heterocycles. The van der Waals surface area contributed by atoms with Crippen LogP contribution >= 0.6 is 0 Å². The van der Waals surface area contributed by atoms with E-state index in [0.29, 0.717) is 29.8 Å². The lowest BCUT2D eigenvalue weighted by Crippen LogP contribution is -2.33. The molecule has 0 saturated carbocycles. The van der Waals surface area contributed by atoms with Crippen LogP contribution in [0.2, 0.25) is 0 Å². The minimum absolute atomic E-state index is 0.0680. The fraction of sp³-hybridized carbons (Fsp3) is 0.414. The van der Waals surface area contributed by atoms with E-state index in [-0.39, 0.29) is 18.1 Å². The van der Waals surface area contributed by atoms with E-state index in [1.165, 1.54) is 18.0 Å². The van der Waals surface area contributed by atoms with Gasteiger partial charge in [0.15, 0.2) is 5.78 Å². The van der Waals surface area contributed by atoms with Crippen LogP contribution in [0.4, 0.5) is 18.9 Å². The number of carbonyl (C=O) groups is 1. The third-order valence-corrected chi connectivity index (χ3v) is 7.36. The molecule has 0 N–H and O–H groups in total. The second-order valence-corrected chi connectivity index (χ2v) is 10.3. The van der Waals surface area contributed by atoms with Crippen LogP contribution in [-0.2, 0) is 25.7 Å². The first-order valence-corrected chi connectivity index (χ1v) is 12.8. The van der Waals surface area contributed by atoms with E-state index in [9.17, 15) is 18.0 Å². The van der Waals surface area contributed by atoms with Crippen molar-refractivity contribution in [2.24, 2.45) is 0 Å². The number of nitrogens with zero attached hydrogens (tertiary/aromatic N) is 4. The summed E-state index contributed by atoms with van der Waals surface area (Å²) in [6.45, 7) is 5.84. The van der Waals surface area contributed by atoms with Crippen molar-refractivity contribution in [2.45, 2.75) is 57.8 Å². The summed E-state index contributed by atoms with van der Waals surface area (Å²) < 4.78 is 41.0. The lowest BCUT2D eigenvalue weighted by molar-refractivity contribution is -0.137. The molecule has 0 radical (unpaired) electrons. The molecule has 0 bridgehead atoms. The molecule has 2 aliphatic rings. The smallest absolute Gasteiger partial charge is 0.364 e. The van der Waals surface area contributed by atoms with Gasteiger partial charge in [-0.1, -0.05) is 31.5 Å². The first-order valence-electron chi connectivity index (χ1n) is 12.8. The number of hydrogen-bond acceptors (Lipinski definition) is 5. The predicted octanol–water partition coefficient (Wildman–Crippen LogP) is 6.03. The van der Waals surface area contributed by atoms with Crippen LogP contribution in [0.3, 0.4) is 0 Å². The van der Waals surface area contributed by atoms with Gasteiger partial charge in [0.05, 0.1) is 23.6 Å². The van der Waals surface area contributed by atoms with Gasteiger partial charge >= 0.3 is 6.18 Å². The Morgan fingerprint density at radius 3 is 2.46 bits per heavy atom. The standard InChI is InChI=1S/C29H31F3N4O/c1-20-16-36(26-14-33-19-34-15-26)18-24-13-23(5-6-27(20)24)28(37)12-21-9-22(11-25(10-21)29(30,31)32)17-35-7-3-2-4-8-35/h5-6,9-11,13-15,19-20H,2-4,7-8,12,16-18H2,1H3. The Hall–Kier alpha value is -3.26. The van der Waals surface area contributed by atoms with Gasteiger partial charge in [0.2, 0.25) is 0 Å². The molecular weight excluding hydrogens is 477 g/mol. The van der Waals surface area contributed by atoms with Gasteiger partial charge in [0.25, 0.3) is 0 Å². The van der Waals surface area contributed by atoms with E-state index in [1.54, 1.807) is 24.5 Å². The molecule has 8 heteroatoms. The fourth-order valence-corrected chi connectivity index (χ4v) is 5.53. The normalized spacial score (nSPS) is 18.5. The highest BCUT2D eigenvalue weighted by Gasteiger charge is 2.32. The van der Waals surface area contributed by atoms with E-state index in [4.69, 9.17) is 0 Å². The number of hydrogen-bond donors (Lipinski definition) is 0. The Labute approximate surface area is 215 Å². The Bertz CT molecular complexity index is 1260. The molecule has 194 valence electrons. The van der Waals surface area contributed by atoms with Crippen LogP contribution < -0.4 is 4.90 Å². The van der Waals surface area contributed by atoms with Crippen molar-refractivity contribution >= 4 is 11.5 Å². The molecule has 1 aromatic heterocycles. The molecule has 37 heavy (non-hydrogen) atoms. The van der Waals surface area contributed by atoms with Gasteiger partial charge in [-0.2, -0.15) is 13.2 Å². The summed E-state index contributed by atoms with van der Waals surface area (Å²) >= 11 is 0. The molecule has 0 spiro atoms.